The van der Waals surface area contributed by atoms with E-state index in [1.54, 1.807) is 0 Å². The third-order valence-corrected chi connectivity index (χ3v) is 8.98. The fourth-order valence-corrected chi connectivity index (χ4v) is 6.48. The Hall–Kier alpha value is -0.0400. The molecule has 1 nitrogen and oxygen atoms in total. The minimum atomic E-state index is 0.312. The van der Waals surface area contributed by atoms with Gasteiger partial charge in [0, 0.05) is 11.1 Å². The quantitative estimate of drug-likeness (QED) is 0.0884. The molecule has 0 rings (SSSR count). The molecule has 0 unspecified atom stereocenters. The summed E-state index contributed by atoms with van der Waals surface area (Å²) in [7, 11) is 0. The maximum absolute atomic E-state index is 2.96. The summed E-state index contributed by atoms with van der Waals surface area (Å²) in [5.41, 5.74) is 0.625. The molecule has 0 N–H and O–H groups in total. The van der Waals surface area contributed by atoms with E-state index >= 15 is 0 Å². The highest BCUT2D eigenvalue weighted by Gasteiger charge is 2.36. The Morgan fingerprint density at radius 2 is 0.568 bits per heavy atom. The van der Waals surface area contributed by atoms with Gasteiger partial charge < -0.3 is 0 Å². The van der Waals surface area contributed by atoms with Crippen LogP contribution in [0.15, 0.2) is 0 Å². The van der Waals surface area contributed by atoms with Gasteiger partial charge in [0.25, 0.3) is 0 Å². The summed E-state index contributed by atoms with van der Waals surface area (Å²) in [5, 5.41) is 0. The van der Waals surface area contributed by atoms with Crippen molar-refractivity contribution in [1.82, 2.24) is 4.90 Å². The van der Waals surface area contributed by atoms with Gasteiger partial charge in [-0.25, -0.2) is 0 Å². The molecule has 0 radical (unpaired) electrons. The van der Waals surface area contributed by atoms with Crippen molar-refractivity contribution < 1.29 is 0 Å². The maximum atomic E-state index is 2.96. The second-order valence-corrected chi connectivity index (χ2v) is 13.7. The van der Waals surface area contributed by atoms with Crippen LogP contribution in [0.3, 0.4) is 0 Å². The summed E-state index contributed by atoms with van der Waals surface area (Å²) < 4.78 is 0. The van der Waals surface area contributed by atoms with E-state index in [0.29, 0.717) is 11.1 Å². The molecule has 0 fully saturated rings. The van der Waals surface area contributed by atoms with Crippen LogP contribution in [0, 0.1) is 0 Å². The van der Waals surface area contributed by atoms with Crippen LogP contribution < -0.4 is 0 Å². The first-order chi connectivity index (χ1) is 17.8. The topological polar surface area (TPSA) is 3.24 Å². The van der Waals surface area contributed by atoms with E-state index in [9.17, 15) is 0 Å². The molecule has 0 aliphatic heterocycles. The molecule has 0 atom stereocenters. The third kappa shape index (κ3) is 21.5. The van der Waals surface area contributed by atoms with Gasteiger partial charge in [-0.15, -0.1) is 0 Å². The van der Waals surface area contributed by atoms with Crippen LogP contribution in [0.25, 0.3) is 0 Å². The summed E-state index contributed by atoms with van der Waals surface area (Å²) in [4.78, 5) is 2.96. The molecule has 0 saturated heterocycles. The van der Waals surface area contributed by atoms with Crippen molar-refractivity contribution >= 4 is 0 Å². The standard InChI is InChI=1S/C36H75N/c1-8-11-14-17-20-23-26-29-32-35(4,5)37(34-31-28-25-22-19-16-13-10-3)36(6,7)33-30-27-24-21-18-15-12-9-2/h8-34H2,1-7H3. The summed E-state index contributed by atoms with van der Waals surface area (Å²) >= 11 is 0. The highest BCUT2D eigenvalue weighted by molar-refractivity contribution is 4.92. The predicted octanol–water partition coefficient (Wildman–Crippen LogP) is 13.0. The molecule has 0 heterocycles. The zero-order valence-corrected chi connectivity index (χ0v) is 27.5. The van der Waals surface area contributed by atoms with Gasteiger partial charge in [0.15, 0.2) is 0 Å². The van der Waals surface area contributed by atoms with Crippen molar-refractivity contribution in [3.8, 4) is 0 Å². The molecular weight excluding hydrogens is 446 g/mol. The average molecular weight is 522 g/mol. The fourth-order valence-electron chi connectivity index (χ4n) is 6.48. The first-order valence-corrected chi connectivity index (χ1v) is 17.6. The highest BCUT2D eigenvalue weighted by atomic mass is 15.2. The van der Waals surface area contributed by atoms with Gasteiger partial charge in [-0.1, -0.05) is 168 Å². The molecule has 0 bridgehead atoms. The Balaban J connectivity index is 4.63. The van der Waals surface area contributed by atoms with Crippen LogP contribution in [-0.4, -0.2) is 22.5 Å². The van der Waals surface area contributed by atoms with Crippen LogP contribution >= 0.6 is 0 Å². The molecule has 0 aliphatic rings. The second kappa shape index (κ2) is 25.0. The predicted molar refractivity (Wildman–Crippen MR) is 172 cm³/mol. The lowest BCUT2D eigenvalue weighted by atomic mass is 9.85. The molecule has 0 spiro atoms. The smallest absolute Gasteiger partial charge is 0.0158 e. The van der Waals surface area contributed by atoms with Crippen molar-refractivity contribution in [2.24, 2.45) is 0 Å². The van der Waals surface area contributed by atoms with E-state index in [1.165, 1.54) is 173 Å². The molecular formula is C36H75N. The molecule has 0 aromatic heterocycles. The van der Waals surface area contributed by atoms with Gasteiger partial charge in [-0.05, 0) is 53.5 Å². The Kier molecular flexibility index (Phi) is 24.9. The lowest BCUT2D eigenvalue weighted by Crippen LogP contribution is -2.55. The number of nitrogens with zero attached hydrogens (tertiary/aromatic N) is 1. The fraction of sp³-hybridized carbons (Fsp3) is 1.00. The van der Waals surface area contributed by atoms with Crippen molar-refractivity contribution in [1.29, 1.82) is 0 Å². The van der Waals surface area contributed by atoms with Gasteiger partial charge >= 0.3 is 0 Å². The van der Waals surface area contributed by atoms with E-state index in [2.05, 4.69) is 53.4 Å². The number of hydrogen-bond acceptors (Lipinski definition) is 1. The molecule has 0 aromatic rings. The van der Waals surface area contributed by atoms with Crippen LogP contribution in [0.1, 0.15) is 215 Å². The summed E-state index contributed by atoms with van der Waals surface area (Å²) in [6.07, 6.45) is 36.9. The van der Waals surface area contributed by atoms with Gasteiger partial charge in [0.05, 0.1) is 0 Å². The third-order valence-electron chi connectivity index (χ3n) is 8.98. The SMILES string of the molecule is CCCCCCCCCCN(C(C)(C)CCCCCCCCCC)C(C)(C)CCCCCCCCCC. The van der Waals surface area contributed by atoms with E-state index in [4.69, 9.17) is 0 Å². The molecule has 0 aliphatic carbocycles. The van der Waals surface area contributed by atoms with Crippen molar-refractivity contribution in [3.05, 3.63) is 0 Å². The van der Waals surface area contributed by atoms with E-state index in [-0.39, 0.29) is 0 Å². The van der Waals surface area contributed by atoms with Crippen LogP contribution in [0.2, 0.25) is 0 Å². The molecule has 0 amide bonds. The monoisotopic (exact) mass is 522 g/mol. The lowest BCUT2D eigenvalue weighted by molar-refractivity contribution is 0.00151. The van der Waals surface area contributed by atoms with E-state index in [1.807, 2.05) is 0 Å². The number of unbranched alkanes of at least 4 members (excludes halogenated alkanes) is 21. The zero-order chi connectivity index (χ0) is 27.7. The molecule has 37 heavy (non-hydrogen) atoms. The summed E-state index contributed by atoms with van der Waals surface area (Å²) in [5.74, 6) is 0. The second-order valence-electron chi connectivity index (χ2n) is 13.7. The zero-order valence-electron chi connectivity index (χ0n) is 27.5. The largest absolute Gasteiger partial charge is 0.293 e. The van der Waals surface area contributed by atoms with E-state index < -0.39 is 0 Å². The Morgan fingerprint density at radius 3 is 0.865 bits per heavy atom. The first kappa shape index (κ1) is 37.0. The minimum absolute atomic E-state index is 0.312. The van der Waals surface area contributed by atoms with Crippen LogP contribution in [0.4, 0.5) is 0 Å². The maximum Gasteiger partial charge on any atom is 0.0158 e. The molecule has 1 heteroatoms. The molecule has 0 aromatic carbocycles. The summed E-state index contributed by atoms with van der Waals surface area (Å²) in [6.45, 7) is 18.5. The van der Waals surface area contributed by atoms with E-state index in [0.717, 1.165) is 0 Å². The molecule has 0 saturated carbocycles. The lowest BCUT2D eigenvalue weighted by Gasteiger charge is -2.49. The minimum Gasteiger partial charge on any atom is -0.293 e. The van der Waals surface area contributed by atoms with Gasteiger partial charge in [-0.2, -0.15) is 0 Å². The Morgan fingerprint density at radius 1 is 0.324 bits per heavy atom. The molecule has 224 valence electrons. The van der Waals surface area contributed by atoms with Gasteiger partial charge in [0.1, 0.15) is 0 Å². The van der Waals surface area contributed by atoms with Gasteiger partial charge in [0.2, 0.25) is 0 Å². The summed E-state index contributed by atoms with van der Waals surface area (Å²) in [6, 6.07) is 0. The van der Waals surface area contributed by atoms with Gasteiger partial charge in [-0.3, -0.25) is 4.90 Å². The number of hydrogen-bond donors (Lipinski definition) is 0. The van der Waals surface area contributed by atoms with Crippen LogP contribution in [0.5, 0.6) is 0 Å². The Labute approximate surface area is 237 Å². The Bertz CT molecular complexity index is 420. The van der Waals surface area contributed by atoms with Crippen molar-refractivity contribution in [2.45, 2.75) is 226 Å². The van der Waals surface area contributed by atoms with Crippen LogP contribution in [-0.2, 0) is 0 Å². The average Bonchev–Trinajstić information content (AvgIpc) is 2.86. The van der Waals surface area contributed by atoms with Crippen molar-refractivity contribution in [2.75, 3.05) is 6.54 Å². The highest BCUT2D eigenvalue weighted by Crippen LogP contribution is 2.34. The van der Waals surface area contributed by atoms with Crippen molar-refractivity contribution in [3.63, 3.8) is 0 Å². The normalized spacial score (nSPS) is 12.6. The first-order valence-electron chi connectivity index (χ1n) is 17.6. The number of rotatable bonds is 29.